The summed E-state index contributed by atoms with van der Waals surface area (Å²) >= 11 is 10.5. The van der Waals surface area contributed by atoms with E-state index in [0.717, 1.165) is 22.7 Å². The summed E-state index contributed by atoms with van der Waals surface area (Å²) in [5, 5.41) is 0.552. The number of nitrogens with zero attached hydrogens (tertiary/aromatic N) is 2. The van der Waals surface area contributed by atoms with Crippen molar-refractivity contribution in [2.75, 3.05) is 9.80 Å². The molecule has 4 nitrogen and oxygen atoms in total. The largest absolute Gasteiger partial charge is 0.376 e. The van der Waals surface area contributed by atoms with Crippen LogP contribution in [0.15, 0.2) is 84.9 Å². The molecule has 0 bridgehead atoms. The van der Waals surface area contributed by atoms with Crippen molar-refractivity contribution in [3.8, 4) is 0 Å². The zero-order valence-electron chi connectivity index (χ0n) is 13.9. The Labute approximate surface area is 163 Å². The van der Waals surface area contributed by atoms with Crippen molar-refractivity contribution in [3.05, 3.63) is 84.9 Å². The van der Waals surface area contributed by atoms with Crippen LogP contribution in [0.3, 0.4) is 0 Å². The maximum atomic E-state index is 5.94. The topological polar surface area (TPSA) is 58.5 Å². The van der Waals surface area contributed by atoms with Crippen LogP contribution in [0.25, 0.3) is 0 Å². The molecule has 0 amide bonds. The zero-order valence-corrected chi connectivity index (χ0v) is 15.6. The molecule has 0 aromatic heterocycles. The van der Waals surface area contributed by atoms with E-state index in [1.54, 1.807) is 0 Å². The number of para-hydroxylation sites is 2. The Hall–Kier alpha value is -2.96. The molecule has 26 heavy (non-hydrogen) atoms. The molecule has 3 aromatic rings. The van der Waals surface area contributed by atoms with Crippen LogP contribution in [0.5, 0.6) is 0 Å². The SMILES string of the molecule is NC(=S)N(c1ccccc1)c1ccc(N(C(N)=S)c2ccccc2)cc1. The highest BCUT2D eigenvalue weighted by Crippen LogP contribution is 2.30. The van der Waals surface area contributed by atoms with Crippen LogP contribution in [0.4, 0.5) is 22.7 Å². The summed E-state index contributed by atoms with van der Waals surface area (Å²) < 4.78 is 0. The molecule has 3 aromatic carbocycles. The molecular weight excluding hydrogens is 360 g/mol. The summed E-state index contributed by atoms with van der Waals surface area (Å²) in [7, 11) is 0. The Bertz CT molecular complexity index is 820. The first-order chi connectivity index (χ1) is 12.6. The Balaban J connectivity index is 1.96. The van der Waals surface area contributed by atoms with Gasteiger partial charge < -0.3 is 11.5 Å². The molecule has 3 rings (SSSR count). The van der Waals surface area contributed by atoms with E-state index in [0.29, 0.717) is 0 Å². The third kappa shape index (κ3) is 3.82. The zero-order chi connectivity index (χ0) is 18.5. The maximum Gasteiger partial charge on any atom is 0.175 e. The van der Waals surface area contributed by atoms with Crippen LogP contribution in [0.2, 0.25) is 0 Å². The fourth-order valence-corrected chi connectivity index (χ4v) is 3.13. The minimum absolute atomic E-state index is 0.276. The maximum absolute atomic E-state index is 5.94. The van der Waals surface area contributed by atoms with Gasteiger partial charge in [0, 0.05) is 22.7 Å². The lowest BCUT2D eigenvalue weighted by molar-refractivity contribution is 1.31. The third-order valence-corrected chi connectivity index (χ3v) is 4.20. The molecular formula is C20H18N4S2. The van der Waals surface area contributed by atoms with Gasteiger partial charge in [-0.05, 0) is 73.0 Å². The summed E-state index contributed by atoms with van der Waals surface area (Å²) in [4.78, 5) is 3.62. The molecule has 0 unspecified atom stereocenters. The molecule has 0 fully saturated rings. The van der Waals surface area contributed by atoms with Crippen LogP contribution in [-0.2, 0) is 0 Å². The molecule has 0 radical (unpaired) electrons. The monoisotopic (exact) mass is 378 g/mol. The standard InChI is InChI=1S/C20H18N4S2/c21-19(25)23(15-7-3-1-4-8-15)17-11-13-18(14-12-17)24(20(22)26)16-9-5-2-6-10-16/h1-14H,(H2,21,25)(H2,22,26). The summed E-state index contributed by atoms with van der Waals surface area (Å²) in [6.07, 6.45) is 0. The molecule has 0 atom stereocenters. The van der Waals surface area contributed by atoms with Gasteiger partial charge in [0.15, 0.2) is 10.2 Å². The van der Waals surface area contributed by atoms with Gasteiger partial charge in [-0.1, -0.05) is 36.4 Å². The van der Waals surface area contributed by atoms with Crippen molar-refractivity contribution >= 4 is 57.4 Å². The highest BCUT2D eigenvalue weighted by atomic mass is 32.1. The van der Waals surface area contributed by atoms with Gasteiger partial charge in [-0.3, -0.25) is 9.80 Å². The second-order valence-electron chi connectivity index (χ2n) is 5.53. The molecule has 0 saturated heterocycles. The van der Waals surface area contributed by atoms with E-state index < -0.39 is 0 Å². The Morgan fingerprint density at radius 1 is 0.500 bits per heavy atom. The van der Waals surface area contributed by atoms with Crippen LogP contribution < -0.4 is 21.3 Å². The molecule has 0 aliphatic rings. The van der Waals surface area contributed by atoms with E-state index in [9.17, 15) is 0 Å². The lowest BCUT2D eigenvalue weighted by atomic mass is 10.2. The average Bonchev–Trinajstić information content (AvgIpc) is 2.65. The minimum Gasteiger partial charge on any atom is -0.376 e. The third-order valence-electron chi connectivity index (χ3n) is 3.84. The van der Waals surface area contributed by atoms with Crippen LogP contribution in [0, 0.1) is 0 Å². The van der Waals surface area contributed by atoms with Crippen molar-refractivity contribution in [2.24, 2.45) is 11.5 Å². The first kappa shape index (κ1) is 17.8. The normalized spacial score (nSPS) is 10.2. The van der Waals surface area contributed by atoms with Gasteiger partial charge in [0.1, 0.15) is 0 Å². The van der Waals surface area contributed by atoms with E-state index in [-0.39, 0.29) is 10.2 Å². The van der Waals surface area contributed by atoms with Gasteiger partial charge in [-0.2, -0.15) is 0 Å². The number of rotatable bonds is 4. The van der Waals surface area contributed by atoms with Crippen LogP contribution in [-0.4, -0.2) is 10.2 Å². The predicted molar refractivity (Wildman–Crippen MR) is 117 cm³/mol. The smallest absolute Gasteiger partial charge is 0.175 e. The Morgan fingerprint density at radius 3 is 1.04 bits per heavy atom. The lowest BCUT2D eigenvalue weighted by Gasteiger charge is -2.26. The number of hydrogen-bond donors (Lipinski definition) is 2. The number of benzene rings is 3. The quantitative estimate of drug-likeness (QED) is 0.654. The molecule has 0 aliphatic heterocycles. The predicted octanol–water partition coefficient (Wildman–Crippen LogP) is 4.45. The first-order valence-corrected chi connectivity index (χ1v) is 8.79. The second kappa shape index (κ2) is 7.95. The van der Waals surface area contributed by atoms with Crippen molar-refractivity contribution in [2.45, 2.75) is 0 Å². The minimum atomic E-state index is 0.276. The van der Waals surface area contributed by atoms with Gasteiger partial charge >= 0.3 is 0 Å². The fourth-order valence-electron chi connectivity index (χ4n) is 2.71. The summed E-state index contributed by atoms with van der Waals surface area (Å²) in [6, 6.07) is 27.3. The molecule has 0 spiro atoms. The van der Waals surface area contributed by atoms with E-state index in [1.807, 2.05) is 94.7 Å². The number of nitrogens with two attached hydrogens (primary N) is 2. The van der Waals surface area contributed by atoms with E-state index in [4.69, 9.17) is 35.9 Å². The summed E-state index contributed by atoms with van der Waals surface area (Å²) in [6.45, 7) is 0. The Morgan fingerprint density at radius 2 is 0.769 bits per heavy atom. The lowest BCUT2D eigenvalue weighted by Crippen LogP contribution is -2.32. The van der Waals surface area contributed by atoms with Gasteiger partial charge in [-0.25, -0.2) is 0 Å². The van der Waals surface area contributed by atoms with Crippen LogP contribution in [0.1, 0.15) is 0 Å². The van der Waals surface area contributed by atoms with Crippen molar-refractivity contribution in [1.29, 1.82) is 0 Å². The molecule has 6 heteroatoms. The molecule has 0 heterocycles. The van der Waals surface area contributed by atoms with Crippen molar-refractivity contribution < 1.29 is 0 Å². The highest BCUT2D eigenvalue weighted by molar-refractivity contribution is 7.80. The molecule has 130 valence electrons. The van der Waals surface area contributed by atoms with Gasteiger partial charge in [-0.15, -0.1) is 0 Å². The fraction of sp³-hybridized carbons (Fsp3) is 0. The van der Waals surface area contributed by atoms with Crippen LogP contribution >= 0.6 is 24.4 Å². The number of thiocarbonyl (C=S) groups is 2. The van der Waals surface area contributed by atoms with Crippen molar-refractivity contribution in [1.82, 2.24) is 0 Å². The number of anilines is 4. The van der Waals surface area contributed by atoms with Crippen molar-refractivity contribution in [3.63, 3.8) is 0 Å². The highest BCUT2D eigenvalue weighted by Gasteiger charge is 2.15. The summed E-state index contributed by atoms with van der Waals surface area (Å²) in [5.74, 6) is 0. The Kier molecular flexibility index (Phi) is 5.46. The van der Waals surface area contributed by atoms with Gasteiger partial charge in [0.05, 0.1) is 0 Å². The summed E-state index contributed by atoms with van der Waals surface area (Å²) in [5.41, 5.74) is 15.4. The first-order valence-electron chi connectivity index (χ1n) is 7.97. The van der Waals surface area contributed by atoms with E-state index in [2.05, 4.69) is 0 Å². The number of hydrogen-bond acceptors (Lipinski definition) is 2. The average molecular weight is 379 g/mol. The molecule has 0 saturated carbocycles. The van der Waals surface area contributed by atoms with E-state index in [1.165, 1.54) is 0 Å². The second-order valence-corrected chi connectivity index (χ2v) is 6.37. The van der Waals surface area contributed by atoms with Gasteiger partial charge in [0.2, 0.25) is 0 Å². The van der Waals surface area contributed by atoms with E-state index >= 15 is 0 Å². The van der Waals surface area contributed by atoms with Gasteiger partial charge in [0.25, 0.3) is 0 Å². The molecule has 0 aliphatic carbocycles. The molecule has 4 N–H and O–H groups in total.